The summed E-state index contributed by atoms with van der Waals surface area (Å²) in [5, 5.41) is 7.69. The molecule has 0 spiro atoms. The van der Waals surface area contributed by atoms with E-state index in [9.17, 15) is 9.59 Å². The molecule has 35 heavy (non-hydrogen) atoms. The molecule has 0 atom stereocenters. The molecule has 0 saturated heterocycles. The smallest absolute Gasteiger partial charge is 0.319 e. The summed E-state index contributed by atoms with van der Waals surface area (Å²) in [5.74, 6) is 0. The number of carbonyl (C=O) groups excluding carboxylic acids is 1. The van der Waals surface area contributed by atoms with Gasteiger partial charge in [0.15, 0.2) is 0 Å². The molecule has 1 heterocycles. The Kier molecular flexibility index (Phi) is 8.57. The van der Waals surface area contributed by atoms with Crippen LogP contribution in [0.1, 0.15) is 11.3 Å². The van der Waals surface area contributed by atoms with Crippen molar-refractivity contribution in [1.82, 2.24) is 14.8 Å². The van der Waals surface area contributed by atoms with E-state index in [-0.39, 0.29) is 30.5 Å². The molecule has 3 aromatic carbocycles. The van der Waals surface area contributed by atoms with E-state index in [0.717, 1.165) is 28.6 Å². The van der Waals surface area contributed by atoms with Crippen LogP contribution in [-0.2, 0) is 20.1 Å². The Balaban J connectivity index is 0.00000342. The Hall–Kier alpha value is -3.32. The molecule has 4 aromatic rings. The minimum absolute atomic E-state index is 0. The number of rotatable bonds is 6. The molecule has 0 aliphatic carbocycles. The first kappa shape index (κ1) is 26.3. The molecule has 0 unspecified atom stereocenters. The van der Waals surface area contributed by atoms with Gasteiger partial charge in [0.1, 0.15) is 0 Å². The van der Waals surface area contributed by atoms with Crippen LogP contribution < -0.4 is 16.2 Å². The second-order valence-corrected chi connectivity index (χ2v) is 8.92. The lowest BCUT2D eigenvalue weighted by atomic mass is 9.96. The SMILES string of the molecule is CN(C)Cc1cccc(NC(=O)NCc2c(-c3ccccc3)c3cc(Cl)ccc3c(=O)n2C)c1.Cl. The predicted octanol–water partition coefficient (Wildman–Crippen LogP) is 5.66. The highest BCUT2D eigenvalue weighted by atomic mass is 35.5. The van der Waals surface area contributed by atoms with Crippen LogP contribution in [0.5, 0.6) is 0 Å². The van der Waals surface area contributed by atoms with E-state index >= 15 is 0 Å². The summed E-state index contributed by atoms with van der Waals surface area (Å²) < 4.78 is 1.59. The van der Waals surface area contributed by atoms with Crippen LogP contribution in [0.25, 0.3) is 21.9 Å². The fourth-order valence-corrected chi connectivity index (χ4v) is 4.29. The van der Waals surface area contributed by atoms with Gasteiger partial charge < -0.3 is 20.1 Å². The first-order valence-electron chi connectivity index (χ1n) is 11.0. The average Bonchev–Trinajstić information content (AvgIpc) is 2.80. The van der Waals surface area contributed by atoms with Gasteiger partial charge in [-0.1, -0.05) is 54.1 Å². The van der Waals surface area contributed by atoms with Crippen LogP contribution in [-0.4, -0.2) is 29.6 Å². The number of carbonyl (C=O) groups is 1. The lowest BCUT2D eigenvalue weighted by molar-refractivity contribution is 0.251. The number of urea groups is 1. The van der Waals surface area contributed by atoms with Gasteiger partial charge in [0, 0.05) is 40.9 Å². The van der Waals surface area contributed by atoms with Crippen molar-refractivity contribution in [2.75, 3.05) is 19.4 Å². The highest BCUT2D eigenvalue weighted by Gasteiger charge is 2.17. The largest absolute Gasteiger partial charge is 0.332 e. The zero-order chi connectivity index (χ0) is 24.2. The summed E-state index contributed by atoms with van der Waals surface area (Å²) in [4.78, 5) is 27.9. The summed E-state index contributed by atoms with van der Waals surface area (Å²) in [5.41, 5.74) is 4.18. The lowest BCUT2D eigenvalue weighted by Crippen LogP contribution is -2.32. The second kappa shape index (κ2) is 11.4. The van der Waals surface area contributed by atoms with E-state index < -0.39 is 0 Å². The van der Waals surface area contributed by atoms with Crippen molar-refractivity contribution in [3.05, 3.63) is 99.4 Å². The number of hydrogen-bond acceptors (Lipinski definition) is 3. The molecule has 0 radical (unpaired) electrons. The van der Waals surface area contributed by atoms with E-state index in [1.165, 1.54) is 0 Å². The summed E-state index contributed by atoms with van der Waals surface area (Å²) in [6.45, 7) is 0.945. The number of anilines is 1. The van der Waals surface area contributed by atoms with Gasteiger partial charge in [-0.3, -0.25) is 4.79 Å². The van der Waals surface area contributed by atoms with Gasteiger partial charge in [-0.05, 0) is 60.9 Å². The molecule has 2 amide bonds. The fourth-order valence-electron chi connectivity index (χ4n) is 4.12. The maximum absolute atomic E-state index is 13.1. The minimum atomic E-state index is -0.348. The van der Waals surface area contributed by atoms with Gasteiger partial charge >= 0.3 is 6.03 Å². The normalized spacial score (nSPS) is 10.8. The Morgan fingerprint density at radius 3 is 2.43 bits per heavy atom. The van der Waals surface area contributed by atoms with Crippen molar-refractivity contribution < 1.29 is 4.79 Å². The lowest BCUT2D eigenvalue weighted by Gasteiger charge is -2.19. The Morgan fingerprint density at radius 2 is 1.71 bits per heavy atom. The average molecular weight is 511 g/mol. The van der Waals surface area contributed by atoms with Crippen molar-refractivity contribution in [2.45, 2.75) is 13.1 Å². The summed E-state index contributed by atoms with van der Waals surface area (Å²) in [6.07, 6.45) is 0. The number of fused-ring (bicyclic) bond motifs is 1. The molecule has 1 aromatic heterocycles. The van der Waals surface area contributed by atoms with E-state index in [4.69, 9.17) is 11.6 Å². The molecule has 0 bridgehead atoms. The second-order valence-electron chi connectivity index (χ2n) is 8.49. The van der Waals surface area contributed by atoms with E-state index in [0.29, 0.717) is 21.8 Å². The number of nitrogens with zero attached hydrogens (tertiary/aromatic N) is 2. The van der Waals surface area contributed by atoms with Crippen LogP contribution in [0.2, 0.25) is 5.02 Å². The molecule has 0 fully saturated rings. The highest BCUT2D eigenvalue weighted by Crippen LogP contribution is 2.32. The Bertz CT molecular complexity index is 1400. The topological polar surface area (TPSA) is 66.4 Å². The standard InChI is InChI=1S/C27H27ClN4O2.ClH/c1-31(2)17-18-8-7-11-21(14-18)30-27(34)29-16-24-25(19-9-5-4-6-10-19)23-15-20(28)12-13-22(23)26(33)32(24)3;/h4-15H,16-17H2,1-3H3,(H2,29,30,34);1H. The van der Waals surface area contributed by atoms with Gasteiger partial charge in [-0.15, -0.1) is 12.4 Å². The van der Waals surface area contributed by atoms with Crippen LogP contribution in [0.3, 0.4) is 0 Å². The number of pyridine rings is 1. The van der Waals surface area contributed by atoms with Crippen molar-refractivity contribution in [3.63, 3.8) is 0 Å². The van der Waals surface area contributed by atoms with Crippen molar-refractivity contribution >= 4 is 46.5 Å². The number of amides is 2. The number of halogens is 2. The molecule has 6 nitrogen and oxygen atoms in total. The molecular formula is C27H28Cl2N4O2. The maximum Gasteiger partial charge on any atom is 0.319 e. The van der Waals surface area contributed by atoms with E-state index in [1.807, 2.05) is 68.7 Å². The molecule has 0 aliphatic heterocycles. The van der Waals surface area contributed by atoms with Crippen molar-refractivity contribution in [1.29, 1.82) is 0 Å². The first-order valence-corrected chi connectivity index (χ1v) is 11.4. The van der Waals surface area contributed by atoms with Crippen molar-refractivity contribution in [3.8, 4) is 11.1 Å². The van der Waals surface area contributed by atoms with Gasteiger partial charge in [0.05, 0.1) is 6.54 Å². The summed E-state index contributed by atoms with van der Waals surface area (Å²) in [6, 6.07) is 22.5. The van der Waals surface area contributed by atoms with Crippen LogP contribution >= 0.6 is 24.0 Å². The first-order chi connectivity index (χ1) is 16.3. The van der Waals surface area contributed by atoms with Gasteiger partial charge in [-0.2, -0.15) is 0 Å². The Morgan fingerprint density at radius 1 is 0.971 bits per heavy atom. The third-order valence-electron chi connectivity index (χ3n) is 5.64. The van der Waals surface area contributed by atoms with Gasteiger partial charge in [0.2, 0.25) is 0 Å². The van der Waals surface area contributed by atoms with Crippen LogP contribution in [0.4, 0.5) is 10.5 Å². The molecular weight excluding hydrogens is 483 g/mol. The third kappa shape index (κ3) is 6.03. The predicted molar refractivity (Wildman–Crippen MR) is 147 cm³/mol. The Labute approximate surface area is 215 Å². The van der Waals surface area contributed by atoms with E-state index in [1.54, 1.807) is 29.8 Å². The van der Waals surface area contributed by atoms with Gasteiger partial charge in [0.25, 0.3) is 5.56 Å². The van der Waals surface area contributed by atoms with Gasteiger partial charge in [-0.25, -0.2) is 4.79 Å². The maximum atomic E-state index is 13.1. The van der Waals surface area contributed by atoms with E-state index in [2.05, 4.69) is 15.5 Å². The van der Waals surface area contributed by atoms with Crippen molar-refractivity contribution in [2.24, 2.45) is 7.05 Å². The van der Waals surface area contributed by atoms with Crippen LogP contribution in [0, 0.1) is 0 Å². The highest BCUT2D eigenvalue weighted by molar-refractivity contribution is 6.31. The third-order valence-corrected chi connectivity index (χ3v) is 5.88. The summed E-state index contributed by atoms with van der Waals surface area (Å²) in [7, 11) is 5.72. The zero-order valence-electron chi connectivity index (χ0n) is 19.8. The molecule has 0 saturated carbocycles. The molecule has 0 aliphatic rings. The number of benzene rings is 3. The zero-order valence-corrected chi connectivity index (χ0v) is 21.4. The fraction of sp³-hybridized carbons (Fsp3) is 0.185. The number of hydrogen-bond donors (Lipinski definition) is 2. The number of nitrogens with one attached hydrogen (secondary N) is 2. The molecule has 182 valence electrons. The summed E-state index contributed by atoms with van der Waals surface area (Å²) >= 11 is 6.29. The molecule has 4 rings (SSSR count). The molecule has 2 N–H and O–H groups in total. The van der Waals surface area contributed by atoms with Crippen LogP contribution in [0.15, 0.2) is 77.6 Å². The minimum Gasteiger partial charge on any atom is -0.332 e. The molecule has 8 heteroatoms. The monoisotopic (exact) mass is 510 g/mol. The number of aromatic nitrogens is 1. The quantitative estimate of drug-likeness (QED) is 0.351.